The molecule has 0 saturated carbocycles. The van der Waals surface area contributed by atoms with Gasteiger partial charge in [-0.05, 0) is 0 Å². The zero-order chi connectivity index (χ0) is 5.98. The Kier molecular flexibility index (Phi) is 1.39. The number of carbonyl (C=O) groups excluding carboxylic acids is 1. The lowest BCUT2D eigenvalue weighted by Gasteiger charge is -2.08. The normalized spacial score (nSPS) is 26.6. The molecule has 8 heavy (non-hydrogen) atoms. The number of ether oxygens (including phenoxy) is 2. The van der Waals surface area contributed by atoms with Gasteiger partial charge in [-0.1, -0.05) is 11.6 Å². The molecule has 44 valence electrons. The van der Waals surface area contributed by atoms with Crippen LogP contribution in [0.2, 0.25) is 0 Å². The lowest BCUT2D eigenvalue weighted by atomic mass is 10.6. The summed E-state index contributed by atoms with van der Waals surface area (Å²) in [7, 11) is 0. The quantitative estimate of drug-likeness (QED) is 0.369. The Bertz CT molecular complexity index is 131. The van der Waals surface area contributed by atoms with Gasteiger partial charge in [-0.15, -0.1) is 0 Å². The topological polar surface area (TPSA) is 35.5 Å². The van der Waals surface area contributed by atoms with E-state index in [9.17, 15) is 4.79 Å². The number of halogens is 1. The van der Waals surface area contributed by atoms with E-state index in [1.165, 1.54) is 12.3 Å². The first-order valence-electron chi connectivity index (χ1n) is 1.97. The average molecular weight is 135 g/mol. The van der Waals surface area contributed by atoms with Gasteiger partial charge in [0.05, 0.1) is 6.26 Å². The molecule has 0 fully saturated rings. The largest absolute Gasteiger partial charge is 0.515 e. The van der Waals surface area contributed by atoms with Crippen LogP contribution in [-0.4, -0.2) is 11.7 Å². The van der Waals surface area contributed by atoms with Crippen LogP contribution in [0.5, 0.6) is 0 Å². The van der Waals surface area contributed by atoms with E-state index in [4.69, 9.17) is 11.6 Å². The Morgan fingerprint density at radius 1 is 1.75 bits per heavy atom. The van der Waals surface area contributed by atoms with Crippen molar-refractivity contribution < 1.29 is 14.3 Å². The molecule has 0 aliphatic carbocycles. The SMILES string of the molecule is O=C1OC=CC(Cl)O1. The second kappa shape index (κ2) is 2.05. The monoisotopic (exact) mass is 134 g/mol. The minimum atomic E-state index is -0.757. The van der Waals surface area contributed by atoms with Gasteiger partial charge in [-0.25, -0.2) is 4.79 Å². The van der Waals surface area contributed by atoms with E-state index in [0.29, 0.717) is 0 Å². The maximum absolute atomic E-state index is 10.1. The summed E-state index contributed by atoms with van der Waals surface area (Å²) in [6, 6.07) is 0. The summed E-state index contributed by atoms with van der Waals surface area (Å²) in [4.78, 5) is 10.1. The van der Waals surface area contributed by atoms with Gasteiger partial charge < -0.3 is 9.47 Å². The number of alkyl halides is 1. The third-order valence-corrected chi connectivity index (χ3v) is 0.838. The van der Waals surface area contributed by atoms with Gasteiger partial charge in [-0.3, -0.25) is 0 Å². The molecule has 1 aliphatic heterocycles. The predicted octanol–water partition coefficient (Wildman–Crippen LogP) is 1.23. The molecular formula is C4H3ClO3. The van der Waals surface area contributed by atoms with Gasteiger partial charge in [0.1, 0.15) is 0 Å². The summed E-state index contributed by atoms with van der Waals surface area (Å²) in [6.07, 6.45) is 1.86. The minimum Gasteiger partial charge on any atom is -0.410 e. The fraction of sp³-hybridized carbons (Fsp3) is 0.250. The third-order valence-electron chi connectivity index (χ3n) is 0.603. The van der Waals surface area contributed by atoms with Crippen LogP contribution < -0.4 is 0 Å². The maximum atomic E-state index is 10.1. The minimum absolute atomic E-state index is 0.670. The number of hydrogen-bond acceptors (Lipinski definition) is 3. The fourth-order valence-electron chi connectivity index (χ4n) is 0.316. The number of hydrogen-bond donors (Lipinski definition) is 0. The standard InChI is InChI=1S/C4H3ClO3/c5-3-1-2-7-4(6)8-3/h1-3H. The molecule has 4 heteroatoms. The highest BCUT2D eigenvalue weighted by Gasteiger charge is 2.12. The van der Waals surface area contributed by atoms with Crippen molar-refractivity contribution in [1.82, 2.24) is 0 Å². The van der Waals surface area contributed by atoms with Gasteiger partial charge in [0.2, 0.25) is 5.56 Å². The molecule has 0 saturated heterocycles. The lowest BCUT2D eigenvalue weighted by molar-refractivity contribution is 0.0726. The van der Waals surface area contributed by atoms with Crippen molar-refractivity contribution in [3.05, 3.63) is 12.3 Å². The van der Waals surface area contributed by atoms with Crippen molar-refractivity contribution >= 4 is 17.8 Å². The van der Waals surface area contributed by atoms with Crippen molar-refractivity contribution in [2.45, 2.75) is 5.56 Å². The van der Waals surface area contributed by atoms with Gasteiger partial charge in [-0.2, -0.15) is 0 Å². The Morgan fingerprint density at radius 3 is 2.88 bits per heavy atom. The summed E-state index contributed by atoms with van der Waals surface area (Å²) in [5.74, 6) is 0. The van der Waals surface area contributed by atoms with Crippen LogP contribution in [0.4, 0.5) is 4.79 Å². The van der Waals surface area contributed by atoms with Gasteiger partial charge >= 0.3 is 6.16 Å². The van der Waals surface area contributed by atoms with Crippen LogP contribution >= 0.6 is 11.6 Å². The van der Waals surface area contributed by atoms with Gasteiger partial charge in [0.25, 0.3) is 0 Å². The van der Waals surface area contributed by atoms with Crippen LogP contribution in [0.1, 0.15) is 0 Å². The highest BCUT2D eigenvalue weighted by molar-refractivity contribution is 6.21. The molecule has 1 atom stereocenters. The van der Waals surface area contributed by atoms with Crippen molar-refractivity contribution in [1.29, 1.82) is 0 Å². The average Bonchev–Trinajstić information content (AvgIpc) is 1.64. The highest BCUT2D eigenvalue weighted by Crippen LogP contribution is 2.07. The molecule has 0 aromatic heterocycles. The molecule has 1 aliphatic rings. The molecule has 0 radical (unpaired) electrons. The zero-order valence-corrected chi connectivity index (χ0v) is 4.59. The van der Waals surface area contributed by atoms with E-state index in [1.54, 1.807) is 0 Å². The third kappa shape index (κ3) is 1.13. The molecule has 1 rings (SSSR count). The smallest absolute Gasteiger partial charge is 0.410 e. The van der Waals surface area contributed by atoms with E-state index in [-0.39, 0.29) is 0 Å². The summed E-state index contributed by atoms with van der Waals surface area (Å²) in [5, 5.41) is 0. The molecule has 0 bridgehead atoms. The summed E-state index contributed by atoms with van der Waals surface area (Å²) in [6.45, 7) is 0. The van der Waals surface area contributed by atoms with Crippen molar-refractivity contribution in [2.75, 3.05) is 0 Å². The Morgan fingerprint density at radius 2 is 2.50 bits per heavy atom. The van der Waals surface area contributed by atoms with Gasteiger partial charge in [0.15, 0.2) is 0 Å². The highest BCUT2D eigenvalue weighted by atomic mass is 35.5. The van der Waals surface area contributed by atoms with E-state index in [2.05, 4.69) is 9.47 Å². The second-order valence-electron chi connectivity index (χ2n) is 1.17. The molecule has 1 heterocycles. The van der Waals surface area contributed by atoms with E-state index in [1.807, 2.05) is 0 Å². The first-order valence-corrected chi connectivity index (χ1v) is 2.41. The van der Waals surface area contributed by atoms with E-state index < -0.39 is 11.7 Å². The lowest BCUT2D eigenvalue weighted by Crippen LogP contribution is -2.14. The van der Waals surface area contributed by atoms with Crippen molar-refractivity contribution in [2.24, 2.45) is 0 Å². The van der Waals surface area contributed by atoms with E-state index >= 15 is 0 Å². The molecular weight excluding hydrogens is 131 g/mol. The summed E-state index contributed by atoms with van der Waals surface area (Å²) >= 11 is 5.30. The number of carbonyl (C=O) groups is 1. The summed E-state index contributed by atoms with van der Waals surface area (Å²) < 4.78 is 8.53. The predicted molar refractivity (Wildman–Crippen MR) is 26.3 cm³/mol. The molecule has 1 unspecified atom stereocenters. The molecule has 0 N–H and O–H groups in total. The molecule has 0 aromatic rings. The van der Waals surface area contributed by atoms with Crippen molar-refractivity contribution in [3.8, 4) is 0 Å². The number of rotatable bonds is 0. The molecule has 0 aromatic carbocycles. The second-order valence-corrected chi connectivity index (χ2v) is 1.60. The zero-order valence-electron chi connectivity index (χ0n) is 3.83. The van der Waals surface area contributed by atoms with Crippen molar-refractivity contribution in [3.63, 3.8) is 0 Å². The Hall–Kier alpha value is -0.700. The Labute approximate surface area is 50.8 Å². The molecule has 0 amide bonds. The maximum Gasteiger partial charge on any atom is 0.515 e. The van der Waals surface area contributed by atoms with Crippen LogP contribution in [-0.2, 0) is 9.47 Å². The molecule has 3 nitrogen and oxygen atoms in total. The number of cyclic esters (lactones) is 2. The van der Waals surface area contributed by atoms with Crippen LogP contribution in [0.3, 0.4) is 0 Å². The molecule has 0 spiro atoms. The van der Waals surface area contributed by atoms with E-state index in [0.717, 1.165) is 0 Å². The fourth-order valence-corrected chi connectivity index (χ4v) is 0.448. The first kappa shape index (κ1) is 5.44. The Balaban J connectivity index is 2.54. The first-order chi connectivity index (χ1) is 3.79. The van der Waals surface area contributed by atoms with Gasteiger partial charge in [0, 0.05) is 6.08 Å². The van der Waals surface area contributed by atoms with Crippen LogP contribution in [0, 0.1) is 0 Å². The van der Waals surface area contributed by atoms with Crippen LogP contribution in [0.25, 0.3) is 0 Å². The summed E-state index contributed by atoms with van der Waals surface area (Å²) in [5.41, 5.74) is -0.670. The van der Waals surface area contributed by atoms with Crippen LogP contribution in [0.15, 0.2) is 12.3 Å².